The molecule has 2 aromatic carbocycles. The fraction of sp³-hybridized carbons (Fsp3) is 0.364. The fourth-order valence-electron chi connectivity index (χ4n) is 3.96. The van der Waals surface area contributed by atoms with Crippen LogP contribution in [0.2, 0.25) is 5.02 Å². The van der Waals surface area contributed by atoms with Gasteiger partial charge in [-0.3, -0.25) is 0 Å². The average Bonchev–Trinajstić information content (AvgIpc) is 3.53. The number of fused-ring (bicyclic) bond motifs is 1. The molecular formula is C22H24ClFN6. The van der Waals surface area contributed by atoms with Gasteiger partial charge in [0, 0.05) is 30.2 Å². The van der Waals surface area contributed by atoms with Crippen LogP contribution in [-0.4, -0.2) is 35.1 Å². The van der Waals surface area contributed by atoms with Crippen molar-refractivity contribution in [2.24, 2.45) is 5.92 Å². The Kier molecular flexibility index (Phi) is 4.87. The molecule has 1 atom stereocenters. The van der Waals surface area contributed by atoms with E-state index in [0.717, 1.165) is 48.2 Å². The molecule has 6 nitrogen and oxygen atoms in total. The monoisotopic (exact) mass is 426 g/mol. The predicted octanol–water partition coefficient (Wildman–Crippen LogP) is 4.32. The van der Waals surface area contributed by atoms with E-state index in [2.05, 4.69) is 22.5 Å². The van der Waals surface area contributed by atoms with Crippen molar-refractivity contribution >= 4 is 45.6 Å². The van der Waals surface area contributed by atoms with E-state index in [1.54, 1.807) is 12.1 Å². The second-order valence-electron chi connectivity index (χ2n) is 8.16. The quantitative estimate of drug-likeness (QED) is 0.544. The van der Waals surface area contributed by atoms with Gasteiger partial charge in [0.15, 0.2) is 0 Å². The molecule has 0 bridgehead atoms. The van der Waals surface area contributed by atoms with Gasteiger partial charge in [-0.1, -0.05) is 17.7 Å². The minimum absolute atomic E-state index is 0.0779. The summed E-state index contributed by atoms with van der Waals surface area (Å²) in [5.74, 6) is 1.01. The predicted molar refractivity (Wildman–Crippen MR) is 120 cm³/mol. The number of nitrogens with zero attached hydrogens (tertiary/aromatic N) is 3. The van der Waals surface area contributed by atoms with E-state index in [-0.39, 0.29) is 11.1 Å². The Bertz CT molecular complexity index is 1100. The molecule has 4 N–H and O–H groups in total. The molecule has 1 saturated carbocycles. The summed E-state index contributed by atoms with van der Waals surface area (Å²) in [6, 6.07) is 11.1. The summed E-state index contributed by atoms with van der Waals surface area (Å²) in [7, 11) is 0. The molecule has 2 aliphatic rings. The van der Waals surface area contributed by atoms with Gasteiger partial charge >= 0.3 is 0 Å². The lowest BCUT2D eigenvalue weighted by Crippen LogP contribution is -2.51. The van der Waals surface area contributed by atoms with Crippen LogP contribution in [0.15, 0.2) is 36.4 Å². The summed E-state index contributed by atoms with van der Waals surface area (Å²) in [4.78, 5) is 11.6. The molecule has 5 rings (SSSR count). The van der Waals surface area contributed by atoms with Gasteiger partial charge in [0.2, 0.25) is 5.95 Å². The molecular weight excluding hydrogens is 403 g/mol. The first-order valence-corrected chi connectivity index (χ1v) is 10.7. The molecule has 2 heterocycles. The van der Waals surface area contributed by atoms with E-state index >= 15 is 0 Å². The maximum absolute atomic E-state index is 13.8. The number of aromatic nitrogens is 2. The number of nitrogens with two attached hydrogens (primary N) is 1. The third kappa shape index (κ3) is 3.52. The number of nitrogen functional groups attached to an aromatic ring is 1. The normalized spacial score (nSPS) is 17.6. The van der Waals surface area contributed by atoms with Gasteiger partial charge < -0.3 is 21.3 Å². The van der Waals surface area contributed by atoms with E-state index in [9.17, 15) is 4.39 Å². The number of hydrogen-bond donors (Lipinski definition) is 3. The zero-order valence-electron chi connectivity index (χ0n) is 16.7. The van der Waals surface area contributed by atoms with Crippen molar-refractivity contribution in [2.45, 2.75) is 31.8 Å². The van der Waals surface area contributed by atoms with Crippen LogP contribution in [-0.2, 0) is 0 Å². The third-order valence-electron chi connectivity index (χ3n) is 5.99. The zero-order valence-corrected chi connectivity index (χ0v) is 17.5. The second kappa shape index (κ2) is 7.56. The summed E-state index contributed by atoms with van der Waals surface area (Å²) in [5.41, 5.74) is 8.84. The number of benzene rings is 2. The number of hydrogen-bond acceptors (Lipinski definition) is 6. The van der Waals surface area contributed by atoms with Gasteiger partial charge in [-0.05, 0) is 56.0 Å². The first kappa shape index (κ1) is 19.3. The van der Waals surface area contributed by atoms with Gasteiger partial charge in [-0.15, -0.1) is 0 Å². The van der Waals surface area contributed by atoms with Crippen molar-refractivity contribution in [2.75, 3.05) is 29.0 Å². The van der Waals surface area contributed by atoms with Gasteiger partial charge in [0.1, 0.15) is 17.2 Å². The highest BCUT2D eigenvalue weighted by molar-refractivity contribution is 6.31. The molecule has 156 valence electrons. The summed E-state index contributed by atoms with van der Waals surface area (Å²) >= 11 is 6.09. The molecule has 0 amide bonds. The van der Waals surface area contributed by atoms with E-state index in [1.165, 1.54) is 6.07 Å². The fourth-order valence-corrected chi connectivity index (χ4v) is 4.13. The Morgan fingerprint density at radius 3 is 2.70 bits per heavy atom. The number of halogens is 2. The lowest BCUT2D eigenvalue weighted by atomic mass is 10.1. The molecule has 30 heavy (non-hydrogen) atoms. The molecule has 1 aromatic heterocycles. The van der Waals surface area contributed by atoms with E-state index in [4.69, 9.17) is 22.3 Å². The number of nitrogens with one attached hydrogen (secondary N) is 2. The average molecular weight is 427 g/mol. The standard InChI is InChI=1S/C22H24ClFN6/c1-12(13-5-6-13)30(15-7-8-18(24)17(23)9-15)22-28-20-16(21(25)29-22)3-2-4-19(20)27-14-10-26-11-14/h2-4,7-9,12-14,26-27H,5-6,10-11H2,1H3,(H2,25,28,29). The minimum Gasteiger partial charge on any atom is -0.383 e. The molecule has 1 aliphatic heterocycles. The Morgan fingerprint density at radius 1 is 1.23 bits per heavy atom. The lowest BCUT2D eigenvalue weighted by molar-refractivity contribution is 0.472. The van der Waals surface area contributed by atoms with Crippen molar-refractivity contribution in [3.63, 3.8) is 0 Å². The Balaban J connectivity index is 1.63. The summed E-state index contributed by atoms with van der Waals surface area (Å²) < 4.78 is 13.8. The van der Waals surface area contributed by atoms with Gasteiger partial charge in [-0.2, -0.15) is 4.98 Å². The minimum atomic E-state index is -0.445. The Hall–Kier alpha value is -2.64. The van der Waals surface area contributed by atoms with E-state index in [1.807, 2.05) is 23.1 Å². The summed E-state index contributed by atoms with van der Waals surface area (Å²) in [5, 5.41) is 7.69. The molecule has 0 radical (unpaired) electrons. The number of anilines is 4. The highest BCUT2D eigenvalue weighted by Gasteiger charge is 2.34. The van der Waals surface area contributed by atoms with Crippen molar-refractivity contribution < 1.29 is 4.39 Å². The molecule has 8 heteroatoms. The molecule has 3 aromatic rings. The maximum Gasteiger partial charge on any atom is 0.232 e. The molecule has 2 fully saturated rings. The third-order valence-corrected chi connectivity index (χ3v) is 6.28. The van der Waals surface area contributed by atoms with Crippen LogP contribution in [0.4, 0.5) is 27.5 Å². The van der Waals surface area contributed by atoms with Crippen LogP contribution in [0.25, 0.3) is 10.9 Å². The van der Waals surface area contributed by atoms with Crippen molar-refractivity contribution in [3.05, 3.63) is 47.2 Å². The smallest absolute Gasteiger partial charge is 0.232 e. The topological polar surface area (TPSA) is 79.1 Å². The zero-order chi connectivity index (χ0) is 20.8. The molecule has 1 unspecified atom stereocenters. The first-order chi connectivity index (χ1) is 14.5. The molecule has 0 spiro atoms. The number of para-hydroxylation sites is 1. The highest BCUT2D eigenvalue weighted by Crippen LogP contribution is 2.41. The maximum atomic E-state index is 13.8. The second-order valence-corrected chi connectivity index (χ2v) is 8.56. The van der Waals surface area contributed by atoms with Crippen LogP contribution >= 0.6 is 11.6 Å². The van der Waals surface area contributed by atoms with Crippen molar-refractivity contribution in [1.82, 2.24) is 15.3 Å². The van der Waals surface area contributed by atoms with Crippen LogP contribution in [0.5, 0.6) is 0 Å². The first-order valence-electron chi connectivity index (χ1n) is 10.3. The molecule has 1 aliphatic carbocycles. The van der Waals surface area contributed by atoms with Crippen LogP contribution < -0.4 is 21.3 Å². The van der Waals surface area contributed by atoms with Gasteiger partial charge in [-0.25, -0.2) is 9.37 Å². The Morgan fingerprint density at radius 2 is 2.03 bits per heavy atom. The van der Waals surface area contributed by atoms with Gasteiger partial charge in [0.05, 0.1) is 16.8 Å². The summed E-state index contributed by atoms with van der Waals surface area (Å²) in [6.45, 7) is 3.98. The van der Waals surface area contributed by atoms with Crippen molar-refractivity contribution in [1.29, 1.82) is 0 Å². The largest absolute Gasteiger partial charge is 0.383 e. The number of rotatable bonds is 6. The van der Waals surface area contributed by atoms with E-state index in [0.29, 0.717) is 23.7 Å². The van der Waals surface area contributed by atoms with Gasteiger partial charge in [0.25, 0.3) is 0 Å². The van der Waals surface area contributed by atoms with Crippen molar-refractivity contribution in [3.8, 4) is 0 Å². The highest BCUT2D eigenvalue weighted by atomic mass is 35.5. The van der Waals surface area contributed by atoms with Crippen LogP contribution in [0.1, 0.15) is 19.8 Å². The summed E-state index contributed by atoms with van der Waals surface area (Å²) in [6.07, 6.45) is 2.30. The Labute approximate surface area is 179 Å². The van der Waals surface area contributed by atoms with Crippen LogP contribution in [0.3, 0.4) is 0 Å². The SMILES string of the molecule is CC(C1CC1)N(c1ccc(F)c(Cl)c1)c1nc(N)c2cccc(NC3CNC3)c2n1. The lowest BCUT2D eigenvalue weighted by Gasteiger charge is -2.31. The molecule has 1 saturated heterocycles. The van der Waals surface area contributed by atoms with Crippen LogP contribution in [0, 0.1) is 11.7 Å². The van der Waals surface area contributed by atoms with E-state index < -0.39 is 5.82 Å².